The average molecular weight is 204 g/mol. The summed E-state index contributed by atoms with van der Waals surface area (Å²) in [5, 5.41) is 19.2. The van der Waals surface area contributed by atoms with E-state index in [1.54, 1.807) is 20.8 Å². The molecule has 1 rings (SSSR count). The predicted molar refractivity (Wildman–Crippen MR) is 51.8 cm³/mol. The van der Waals surface area contributed by atoms with Gasteiger partial charge in [0, 0.05) is 0 Å². The van der Waals surface area contributed by atoms with E-state index in [-0.39, 0.29) is 0 Å². The van der Waals surface area contributed by atoms with Crippen LogP contribution in [0.2, 0.25) is 0 Å². The average Bonchev–Trinajstić information content (AvgIpc) is 2.40. The minimum Gasteiger partial charge on any atom is -0.391 e. The van der Waals surface area contributed by atoms with Crippen LogP contribution in [0.4, 0.5) is 0 Å². The van der Waals surface area contributed by atoms with E-state index in [1.165, 1.54) is 0 Å². The third kappa shape index (κ3) is 2.45. The van der Waals surface area contributed by atoms with Gasteiger partial charge in [-0.05, 0) is 27.2 Å². The Morgan fingerprint density at radius 3 is 2.14 bits per heavy atom. The quantitative estimate of drug-likeness (QED) is 0.709. The monoisotopic (exact) mass is 204 g/mol. The molecule has 0 saturated carbocycles. The zero-order valence-electron chi connectivity index (χ0n) is 9.23. The molecular weight excluding hydrogens is 184 g/mol. The Morgan fingerprint density at radius 2 is 1.71 bits per heavy atom. The van der Waals surface area contributed by atoms with Gasteiger partial charge in [-0.25, -0.2) is 0 Å². The van der Waals surface area contributed by atoms with Crippen LogP contribution in [-0.2, 0) is 9.47 Å². The van der Waals surface area contributed by atoms with E-state index in [0.29, 0.717) is 6.42 Å². The maximum absolute atomic E-state index is 9.69. The van der Waals surface area contributed by atoms with Crippen LogP contribution in [0.3, 0.4) is 0 Å². The van der Waals surface area contributed by atoms with Crippen LogP contribution in [-0.4, -0.2) is 40.4 Å². The van der Waals surface area contributed by atoms with Crippen LogP contribution >= 0.6 is 0 Å². The van der Waals surface area contributed by atoms with Gasteiger partial charge in [-0.1, -0.05) is 6.92 Å². The molecule has 2 unspecified atom stereocenters. The summed E-state index contributed by atoms with van der Waals surface area (Å²) in [6.07, 6.45) is -1.51. The second-order valence-electron chi connectivity index (χ2n) is 4.28. The smallest absolute Gasteiger partial charge is 0.164 e. The first-order chi connectivity index (χ1) is 6.37. The number of ether oxygens (including phenoxy) is 2. The van der Waals surface area contributed by atoms with Crippen molar-refractivity contribution in [1.29, 1.82) is 0 Å². The van der Waals surface area contributed by atoms with Crippen molar-refractivity contribution in [2.24, 2.45) is 0 Å². The Morgan fingerprint density at radius 1 is 1.21 bits per heavy atom. The predicted octanol–water partition coefficient (Wildman–Crippen LogP) is 0.658. The molecule has 84 valence electrons. The summed E-state index contributed by atoms with van der Waals surface area (Å²) in [4.78, 5) is 0. The van der Waals surface area contributed by atoms with Crippen molar-refractivity contribution in [2.75, 3.05) is 0 Å². The van der Waals surface area contributed by atoms with Gasteiger partial charge in [0.1, 0.15) is 12.2 Å². The molecule has 4 nitrogen and oxygen atoms in total. The molecule has 0 radical (unpaired) electrons. The summed E-state index contributed by atoms with van der Waals surface area (Å²) in [5.74, 6) is -0.720. The molecule has 0 spiro atoms. The van der Waals surface area contributed by atoms with Crippen LogP contribution in [0, 0.1) is 0 Å². The van der Waals surface area contributed by atoms with Crippen LogP contribution in [0.25, 0.3) is 0 Å². The standard InChI is InChI=1S/C10H20O4/c1-5-7(12)9-8(6(2)11)13-10(3,4)14-9/h6-9,11-12H,5H2,1-4H3/t6?,7-,8?,9-/m1/s1. The van der Waals surface area contributed by atoms with Gasteiger partial charge in [-0.15, -0.1) is 0 Å². The lowest BCUT2D eigenvalue weighted by atomic mass is 10.0. The van der Waals surface area contributed by atoms with Crippen molar-refractivity contribution in [3.8, 4) is 0 Å². The van der Waals surface area contributed by atoms with E-state index in [9.17, 15) is 10.2 Å². The highest BCUT2D eigenvalue weighted by Crippen LogP contribution is 2.32. The van der Waals surface area contributed by atoms with E-state index in [4.69, 9.17) is 9.47 Å². The van der Waals surface area contributed by atoms with E-state index >= 15 is 0 Å². The lowest BCUT2D eigenvalue weighted by Gasteiger charge is -2.22. The third-order valence-electron chi connectivity index (χ3n) is 2.44. The maximum atomic E-state index is 9.69. The lowest BCUT2D eigenvalue weighted by Crippen LogP contribution is -2.40. The molecule has 1 fully saturated rings. The molecule has 1 aliphatic rings. The summed E-state index contributed by atoms with van der Waals surface area (Å²) in [5.41, 5.74) is 0. The zero-order valence-corrected chi connectivity index (χ0v) is 9.23. The molecule has 0 aromatic heterocycles. The molecule has 4 heteroatoms. The molecule has 14 heavy (non-hydrogen) atoms. The summed E-state index contributed by atoms with van der Waals surface area (Å²) < 4.78 is 11.1. The number of aliphatic hydroxyl groups is 2. The second kappa shape index (κ2) is 4.14. The van der Waals surface area contributed by atoms with Crippen LogP contribution in [0.5, 0.6) is 0 Å². The van der Waals surface area contributed by atoms with Gasteiger partial charge in [0.05, 0.1) is 12.2 Å². The van der Waals surface area contributed by atoms with Gasteiger partial charge in [0.2, 0.25) is 0 Å². The molecule has 1 saturated heterocycles. The molecular formula is C10H20O4. The number of hydrogen-bond acceptors (Lipinski definition) is 4. The van der Waals surface area contributed by atoms with Gasteiger partial charge in [-0.2, -0.15) is 0 Å². The highest BCUT2D eigenvalue weighted by molar-refractivity contribution is 4.88. The zero-order chi connectivity index (χ0) is 10.9. The number of hydrogen-bond donors (Lipinski definition) is 2. The Hall–Kier alpha value is -0.160. The van der Waals surface area contributed by atoms with E-state index in [1.807, 2.05) is 6.92 Å². The first-order valence-corrected chi connectivity index (χ1v) is 5.09. The van der Waals surface area contributed by atoms with Crippen LogP contribution < -0.4 is 0 Å². The molecule has 0 amide bonds. The van der Waals surface area contributed by atoms with Crippen molar-refractivity contribution in [3.63, 3.8) is 0 Å². The Bertz CT molecular complexity index is 191. The van der Waals surface area contributed by atoms with Crippen molar-refractivity contribution < 1.29 is 19.7 Å². The van der Waals surface area contributed by atoms with Crippen molar-refractivity contribution in [2.45, 2.75) is 64.3 Å². The fourth-order valence-electron chi connectivity index (χ4n) is 1.72. The van der Waals surface area contributed by atoms with E-state index in [2.05, 4.69) is 0 Å². The third-order valence-corrected chi connectivity index (χ3v) is 2.44. The Kier molecular flexibility index (Phi) is 3.53. The van der Waals surface area contributed by atoms with Crippen molar-refractivity contribution >= 4 is 0 Å². The number of aliphatic hydroxyl groups excluding tert-OH is 2. The molecule has 2 N–H and O–H groups in total. The maximum Gasteiger partial charge on any atom is 0.164 e. The highest BCUT2D eigenvalue weighted by Gasteiger charge is 2.46. The summed E-state index contributed by atoms with van der Waals surface area (Å²) >= 11 is 0. The first kappa shape index (κ1) is 11.9. The topological polar surface area (TPSA) is 58.9 Å². The molecule has 0 aliphatic carbocycles. The SMILES string of the molecule is CC[C@@H](O)[C@H]1OC(C)(C)OC1C(C)O. The summed E-state index contributed by atoms with van der Waals surface area (Å²) in [6, 6.07) is 0. The lowest BCUT2D eigenvalue weighted by molar-refractivity contribution is -0.160. The molecule has 4 atom stereocenters. The van der Waals surface area contributed by atoms with Gasteiger partial charge in [0.25, 0.3) is 0 Å². The van der Waals surface area contributed by atoms with Crippen molar-refractivity contribution in [3.05, 3.63) is 0 Å². The molecule has 1 heterocycles. The molecule has 0 bridgehead atoms. The minimum atomic E-state index is -0.720. The van der Waals surface area contributed by atoms with E-state index in [0.717, 1.165) is 0 Å². The normalized spacial score (nSPS) is 35.6. The Balaban J connectivity index is 2.72. The first-order valence-electron chi connectivity index (χ1n) is 5.09. The van der Waals surface area contributed by atoms with E-state index < -0.39 is 30.2 Å². The Labute approximate surface area is 84.8 Å². The largest absolute Gasteiger partial charge is 0.391 e. The summed E-state index contributed by atoms with van der Waals surface area (Å²) in [7, 11) is 0. The number of rotatable bonds is 3. The van der Waals surface area contributed by atoms with Crippen LogP contribution in [0.15, 0.2) is 0 Å². The fraction of sp³-hybridized carbons (Fsp3) is 1.00. The van der Waals surface area contributed by atoms with Crippen molar-refractivity contribution in [1.82, 2.24) is 0 Å². The molecule has 0 aromatic carbocycles. The van der Waals surface area contributed by atoms with Gasteiger partial charge < -0.3 is 19.7 Å². The van der Waals surface area contributed by atoms with Gasteiger partial charge in [0.15, 0.2) is 5.79 Å². The molecule has 1 aliphatic heterocycles. The highest BCUT2D eigenvalue weighted by atomic mass is 16.8. The minimum absolute atomic E-state index is 0.435. The summed E-state index contributed by atoms with van der Waals surface area (Å²) in [6.45, 7) is 7.08. The van der Waals surface area contributed by atoms with Gasteiger partial charge in [-0.3, -0.25) is 0 Å². The fourth-order valence-corrected chi connectivity index (χ4v) is 1.72. The van der Waals surface area contributed by atoms with Gasteiger partial charge >= 0.3 is 0 Å². The molecule has 0 aromatic rings. The van der Waals surface area contributed by atoms with Crippen LogP contribution in [0.1, 0.15) is 34.1 Å². The second-order valence-corrected chi connectivity index (χ2v) is 4.28.